The molecule has 1 heterocycles. The predicted octanol–water partition coefficient (Wildman–Crippen LogP) is 3.88. The number of hydrogen-bond donors (Lipinski definition) is 1. The van der Waals surface area contributed by atoms with E-state index in [0.29, 0.717) is 6.54 Å². The first-order valence-electron chi connectivity index (χ1n) is 8.45. The van der Waals surface area contributed by atoms with Crippen LogP contribution in [0.2, 0.25) is 0 Å². The van der Waals surface area contributed by atoms with Crippen LogP contribution < -0.4 is 5.32 Å². The Kier molecular flexibility index (Phi) is 5.74. The molecule has 3 rings (SSSR count). The van der Waals surface area contributed by atoms with Gasteiger partial charge in [0.2, 0.25) is 0 Å². The van der Waals surface area contributed by atoms with Gasteiger partial charge in [0.05, 0.1) is 11.1 Å². The number of nitrogens with zero attached hydrogens (tertiary/aromatic N) is 2. The molecule has 7 heteroatoms. The van der Waals surface area contributed by atoms with Crippen molar-refractivity contribution in [3.63, 3.8) is 0 Å². The highest BCUT2D eigenvalue weighted by molar-refractivity contribution is 6.05. The Morgan fingerprint density at radius 2 is 1.61 bits per heavy atom. The Bertz CT molecular complexity index is 989. The lowest BCUT2D eigenvalue weighted by Gasteiger charge is -2.17. The molecule has 3 aromatic rings. The Hall–Kier alpha value is -3.61. The maximum absolute atomic E-state index is 13.7. The lowest BCUT2D eigenvalue weighted by molar-refractivity contribution is 0.0784. The molecule has 28 heavy (non-hydrogen) atoms. The normalized spacial score (nSPS) is 10.4. The number of aromatic nitrogens is 1. The Morgan fingerprint density at radius 3 is 2.29 bits per heavy atom. The van der Waals surface area contributed by atoms with Crippen molar-refractivity contribution < 1.29 is 18.4 Å². The summed E-state index contributed by atoms with van der Waals surface area (Å²) in [7, 11) is 1.64. The van der Waals surface area contributed by atoms with Gasteiger partial charge in [-0.05, 0) is 23.8 Å². The van der Waals surface area contributed by atoms with Crippen LogP contribution in [-0.2, 0) is 6.54 Å². The average Bonchev–Trinajstić information content (AvgIpc) is 2.71. The van der Waals surface area contributed by atoms with E-state index in [1.807, 2.05) is 30.3 Å². The molecule has 2 amide bonds. The summed E-state index contributed by atoms with van der Waals surface area (Å²) >= 11 is 0. The first-order valence-corrected chi connectivity index (χ1v) is 8.45. The fourth-order valence-corrected chi connectivity index (χ4v) is 2.63. The first-order chi connectivity index (χ1) is 13.5. The maximum atomic E-state index is 13.7. The summed E-state index contributed by atoms with van der Waals surface area (Å²) < 4.78 is 27.4. The summed E-state index contributed by atoms with van der Waals surface area (Å²) in [6.45, 7) is 0.385. The minimum Gasteiger partial charge on any atom is -0.337 e. The van der Waals surface area contributed by atoms with E-state index in [4.69, 9.17) is 0 Å². The van der Waals surface area contributed by atoms with Gasteiger partial charge >= 0.3 is 0 Å². The molecule has 0 aliphatic carbocycles. The van der Waals surface area contributed by atoms with E-state index in [-0.39, 0.29) is 17.0 Å². The molecule has 5 nitrogen and oxygen atoms in total. The Balaban J connectivity index is 1.76. The monoisotopic (exact) mass is 381 g/mol. The molecule has 0 atom stereocenters. The van der Waals surface area contributed by atoms with Crippen LogP contribution in [0.15, 0.2) is 67.0 Å². The van der Waals surface area contributed by atoms with E-state index in [1.54, 1.807) is 7.05 Å². The topological polar surface area (TPSA) is 62.3 Å². The summed E-state index contributed by atoms with van der Waals surface area (Å²) in [6, 6.07) is 14.0. The maximum Gasteiger partial charge on any atom is 0.257 e. The molecule has 0 spiro atoms. The van der Waals surface area contributed by atoms with Gasteiger partial charge in [-0.25, -0.2) is 8.78 Å². The Labute approximate surface area is 160 Å². The second-order valence-corrected chi connectivity index (χ2v) is 6.16. The van der Waals surface area contributed by atoms with Crippen LogP contribution in [0.1, 0.15) is 26.3 Å². The van der Waals surface area contributed by atoms with E-state index in [2.05, 4.69) is 10.3 Å². The zero-order valence-electron chi connectivity index (χ0n) is 15.0. The lowest BCUT2D eigenvalue weighted by atomic mass is 10.1. The van der Waals surface area contributed by atoms with Crippen molar-refractivity contribution in [1.82, 2.24) is 9.88 Å². The molecular weight excluding hydrogens is 364 g/mol. The fourth-order valence-electron chi connectivity index (χ4n) is 2.63. The van der Waals surface area contributed by atoms with Crippen LogP contribution in [0.5, 0.6) is 0 Å². The largest absolute Gasteiger partial charge is 0.337 e. The number of pyridine rings is 1. The van der Waals surface area contributed by atoms with Crippen molar-refractivity contribution in [2.75, 3.05) is 12.4 Å². The summed E-state index contributed by atoms with van der Waals surface area (Å²) in [5.41, 5.74) is 0.613. The van der Waals surface area contributed by atoms with Gasteiger partial charge in [0, 0.05) is 26.0 Å². The molecular formula is C21H17F2N3O2. The van der Waals surface area contributed by atoms with E-state index < -0.39 is 23.2 Å². The minimum absolute atomic E-state index is 0.0154. The van der Waals surface area contributed by atoms with E-state index in [1.165, 1.54) is 29.4 Å². The van der Waals surface area contributed by atoms with Crippen molar-refractivity contribution in [1.29, 1.82) is 0 Å². The third-order valence-electron chi connectivity index (χ3n) is 4.06. The van der Waals surface area contributed by atoms with E-state index in [9.17, 15) is 18.4 Å². The van der Waals surface area contributed by atoms with Crippen LogP contribution in [-0.4, -0.2) is 28.7 Å². The molecule has 1 aromatic heterocycles. The summed E-state index contributed by atoms with van der Waals surface area (Å²) in [6.07, 6.45) is 2.56. The number of carbonyl (C=O) groups excluding carboxylic acids is 2. The van der Waals surface area contributed by atoms with Crippen molar-refractivity contribution in [3.05, 3.63) is 95.3 Å². The molecule has 0 saturated carbocycles. The molecule has 1 N–H and O–H groups in total. The number of rotatable bonds is 5. The highest BCUT2D eigenvalue weighted by Crippen LogP contribution is 2.19. The van der Waals surface area contributed by atoms with Crippen molar-refractivity contribution in [2.24, 2.45) is 0 Å². The van der Waals surface area contributed by atoms with Crippen LogP contribution in [0.4, 0.5) is 14.5 Å². The number of benzene rings is 2. The average molecular weight is 381 g/mol. The molecule has 0 aliphatic heterocycles. The first kappa shape index (κ1) is 19.2. The lowest BCUT2D eigenvalue weighted by Crippen LogP contribution is -2.26. The minimum atomic E-state index is -0.892. The van der Waals surface area contributed by atoms with Gasteiger partial charge in [0.1, 0.15) is 17.3 Å². The highest BCUT2D eigenvalue weighted by atomic mass is 19.1. The molecule has 0 aliphatic rings. The SMILES string of the molecule is CN(Cc1ccccc1)C(=O)c1cncc(C(=O)Nc2c(F)cccc2F)c1. The standard InChI is InChI=1S/C21H17F2N3O2/c1-26(13-14-6-3-2-4-7-14)21(28)16-10-15(11-24-12-16)20(27)25-19-17(22)8-5-9-18(19)23/h2-12H,13H2,1H3,(H,25,27). The van der Waals surface area contributed by atoms with Crippen LogP contribution in [0.25, 0.3) is 0 Å². The number of anilines is 1. The van der Waals surface area contributed by atoms with Crippen molar-refractivity contribution in [2.45, 2.75) is 6.54 Å². The zero-order valence-corrected chi connectivity index (χ0v) is 15.0. The molecule has 142 valence electrons. The van der Waals surface area contributed by atoms with Crippen molar-refractivity contribution >= 4 is 17.5 Å². The van der Waals surface area contributed by atoms with Gasteiger partial charge in [-0.3, -0.25) is 14.6 Å². The molecule has 0 fully saturated rings. The number of amides is 2. The van der Waals surface area contributed by atoms with Gasteiger partial charge in [-0.1, -0.05) is 36.4 Å². The van der Waals surface area contributed by atoms with E-state index >= 15 is 0 Å². The molecule has 0 unspecified atom stereocenters. The van der Waals surface area contributed by atoms with Gasteiger partial charge in [-0.15, -0.1) is 0 Å². The van der Waals surface area contributed by atoms with Crippen molar-refractivity contribution in [3.8, 4) is 0 Å². The Morgan fingerprint density at radius 1 is 0.964 bits per heavy atom. The van der Waals surface area contributed by atoms with Crippen LogP contribution in [0, 0.1) is 11.6 Å². The predicted molar refractivity (Wildman–Crippen MR) is 101 cm³/mol. The number of para-hydroxylation sites is 1. The highest BCUT2D eigenvalue weighted by Gasteiger charge is 2.17. The molecule has 0 saturated heterocycles. The summed E-state index contributed by atoms with van der Waals surface area (Å²) in [5.74, 6) is -2.88. The quantitative estimate of drug-likeness (QED) is 0.730. The van der Waals surface area contributed by atoms with Gasteiger partial charge in [0.15, 0.2) is 0 Å². The van der Waals surface area contributed by atoms with E-state index in [0.717, 1.165) is 17.7 Å². The second-order valence-electron chi connectivity index (χ2n) is 6.16. The zero-order chi connectivity index (χ0) is 20.1. The van der Waals surface area contributed by atoms with Crippen LogP contribution >= 0.6 is 0 Å². The molecule has 2 aromatic carbocycles. The number of halogens is 2. The number of hydrogen-bond acceptors (Lipinski definition) is 3. The van der Waals surface area contributed by atoms with Crippen LogP contribution in [0.3, 0.4) is 0 Å². The number of carbonyl (C=O) groups is 2. The summed E-state index contributed by atoms with van der Waals surface area (Å²) in [5, 5.41) is 2.18. The summed E-state index contributed by atoms with van der Waals surface area (Å²) in [4.78, 5) is 30.4. The second kappa shape index (κ2) is 8.39. The third-order valence-corrected chi connectivity index (χ3v) is 4.06. The van der Waals surface area contributed by atoms with Gasteiger partial charge in [0.25, 0.3) is 11.8 Å². The molecule has 0 radical (unpaired) electrons. The smallest absolute Gasteiger partial charge is 0.257 e. The molecule has 0 bridgehead atoms. The number of nitrogens with one attached hydrogen (secondary N) is 1. The fraction of sp³-hybridized carbons (Fsp3) is 0.0952. The van der Waals surface area contributed by atoms with Gasteiger partial charge < -0.3 is 10.2 Å². The third kappa shape index (κ3) is 4.37. The van der Waals surface area contributed by atoms with Gasteiger partial charge in [-0.2, -0.15) is 0 Å².